The molecular formula is C17H24N2O2. The first-order valence-corrected chi connectivity index (χ1v) is 8.06. The molecule has 0 saturated carbocycles. The molecule has 1 fully saturated rings. The molecule has 0 spiro atoms. The van der Waals surface area contributed by atoms with Crippen LogP contribution in [-0.2, 0) is 11.2 Å². The van der Waals surface area contributed by atoms with Gasteiger partial charge in [0, 0.05) is 31.4 Å². The maximum Gasteiger partial charge on any atom is 0.263 e. The summed E-state index contributed by atoms with van der Waals surface area (Å²) < 4.78 is 5.86. The molecular weight excluding hydrogens is 264 g/mol. The SMILES string of the molecule is CC(Oc1ccc2c(c1)NCCC2)C(=O)N1CCCCC1. The van der Waals surface area contributed by atoms with E-state index in [1.165, 1.54) is 18.4 Å². The molecule has 2 aliphatic rings. The number of fused-ring (bicyclic) bond motifs is 1. The fourth-order valence-electron chi connectivity index (χ4n) is 3.14. The van der Waals surface area contributed by atoms with Gasteiger partial charge in [-0.25, -0.2) is 0 Å². The fourth-order valence-corrected chi connectivity index (χ4v) is 3.14. The third-order valence-corrected chi connectivity index (χ3v) is 4.35. The molecule has 1 aromatic rings. The number of aryl methyl sites for hydroxylation is 1. The average molecular weight is 288 g/mol. The summed E-state index contributed by atoms with van der Waals surface area (Å²) in [5.74, 6) is 0.890. The van der Waals surface area contributed by atoms with Crippen LogP contribution in [0.5, 0.6) is 5.75 Å². The Bertz CT molecular complexity index is 510. The summed E-state index contributed by atoms with van der Waals surface area (Å²) in [7, 11) is 0. The van der Waals surface area contributed by atoms with Gasteiger partial charge >= 0.3 is 0 Å². The average Bonchev–Trinajstić information content (AvgIpc) is 2.55. The number of benzene rings is 1. The Morgan fingerprint density at radius 3 is 2.86 bits per heavy atom. The summed E-state index contributed by atoms with van der Waals surface area (Å²) in [6.45, 7) is 4.61. The number of nitrogens with one attached hydrogen (secondary N) is 1. The molecule has 114 valence electrons. The van der Waals surface area contributed by atoms with Gasteiger partial charge in [0.2, 0.25) is 0 Å². The largest absolute Gasteiger partial charge is 0.481 e. The number of carbonyl (C=O) groups excluding carboxylic acids is 1. The maximum atomic E-state index is 12.4. The molecule has 2 aliphatic heterocycles. The fraction of sp³-hybridized carbons (Fsp3) is 0.588. The van der Waals surface area contributed by atoms with Crippen LogP contribution in [0.1, 0.15) is 38.2 Å². The highest BCUT2D eigenvalue weighted by Crippen LogP contribution is 2.27. The minimum absolute atomic E-state index is 0.111. The minimum atomic E-state index is -0.412. The normalized spacial score (nSPS) is 19.4. The minimum Gasteiger partial charge on any atom is -0.481 e. The van der Waals surface area contributed by atoms with Crippen molar-refractivity contribution in [2.75, 3.05) is 25.0 Å². The first-order chi connectivity index (χ1) is 10.2. The Kier molecular flexibility index (Phi) is 4.32. The van der Waals surface area contributed by atoms with Gasteiger partial charge in [0.1, 0.15) is 5.75 Å². The molecule has 21 heavy (non-hydrogen) atoms. The second-order valence-electron chi connectivity index (χ2n) is 6.00. The van der Waals surface area contributed by atoms with Gasteiger partial charge in [-0.05, 0) is 50.7 Å². The summed E-state index contributed by atoms with van der Waals surface area (Å²) in [5.41, 5.74) is 2.49. The number of hydrogen-bond acceptors (Lipinski definition) is 3. The number of ether oxygens (including phenoxy) is 1. The second-order valence-corrected chi connectivity index (χ2v) is 6.00. The Labute approximate surface area is 126 Å². The Hall–Kier alpha value is -1.71. The lowest BCUT2D eigenvalue weighted by atomic mass is 10.0. The van der Waals surface area contributed by atoms with Crippen LogP contribution in [0.15, 0.2) is 18.2 Å². The van der Waals surface area contributed by atoms with Gasteiger partial charge in [-0.2, -0.15) is 0 Å². The number of piperidine rings is 1. The van der Waals surface area contributed by atoms with Gasteiger partial charge in [0.25, 0.3) is 5.91 Å². The van der Waals surface area contributed by atoms with E-state index < -0.39 is 6.10 Å². The van der Waals surface area contributed by atoms with E-state index in [4.69, 9.17) is 4.74 Å². The number of nitrogens with zero attached hydrogens (tertiary/aromatic N) is 1. The van der Waals surface area contributed by atoms with Crippen LogP contribution in [0.4, 0.5) is 5.69 Å². The standard InChI is InChI=1S/C17H24N2O2/c1-13(17(20)19-10-3-2-4-11-19)21-15-8-7-14-6-5-9-18-16(14)12-15/h7-8,12-13,18H,2-6,9-11H2,1H3. The van der Waals surface area contributed by atoms with Gasteiger partial charge in [-0.3, -0.25) is 4.79 Å². The van der Waals surface area contributed by atoms with Gasteiger partial charge in [-0.1, -0.05) is 6.07 Å². The van der Waals surface area contributed by atoms with Crippen molar-refractivity contribution in [3.05, 3.63) is 23.8 Å². The zero-order valence-electron chi connectivity index (χ0n) is 12.7. The van der Waals surface area contributed by atoms with Crippen molar-refractivity contribution >= 4 is 11.6 Å². The van der Waals surface area contributed by atoms with Crippen LogP contribution in [0, 0.1) is 0 Å². The molecule has 1 aromatic carbocycles. The Morgan fingerprint density at radius 2 is 2.05 bits per heavy atom. The van der Waals surface area contributed by atoms with Gasteiger partial charge in [0.15, 0.2) is 6.10 Å². The Balaban J connectivity index is 1.63. The van der Waals surface area contributed by atoms with Crippen molar-refractivity contribution in [3.8, 4) is 5.75 Å². The molecule has 0 aliphatic carbocycles. The summed E-state index contributed by atoms with van der Waals surface area (Å²) in [6, 6.07) is 6.11. The number of amides is 1. The summed E-state index contributed by atoms with van der Waals surface area (Å²) in [6.07, 6.45) is 5.34. The zero-order valence-corrected chi connectivity index (χ0v) is 12.7. The molecule has 4 nitrogen and oxygen atoms in total. The predicted molar refractivity (Wildman–Crippen MR) is 83.8 cm³/mol. The van der Waals surface area contributed by atoms with Gasteiger partial charge < -0.3 is 15.0 Å². The quantitative estimate of drug-likeness (QED) is 0.930. The second kappa shape index (κ2) is 6.37. The van der Waals surface area contributed by atoms with Crippen LogP contribution >= 0.6 is 0 Å². The van der Waals surface area contributed by atoms with E-state index in [1.54, 1.807) is 0 Å². The first kappa shape index (κ1) is 14.2. The van der Waals surface area contributed by atoms with Crippen molar-refractivity contribution in [2.45, 2.75) is 45.1 Å². The van der Waals surface area contributed by atoms with Crippen molar-refractivity contribution < 1.29 is 9.53 Å². The molecule has 1 N–H and O–H groups in total. The lowest BCUT2D eigenvalue weighted by molar-refractivity contribution is -0.138. The van der Waals surface area contributed by atoms with Gasteiger partial charge in [-0.15, -0.1) is 0 Å². The van der Waals surface area contributed by atoms with Crippen molar-refractivity contribution in [2.24, 2.45) is 0 Å². The zero-order chi connectivity index (χ0) is 14.7. The number of rotatable bonds is 3. The van der Waals surface area contributed by atoms with Gasteiger partial charge in [0.05, 0.1) is 0 Å². The highest BCUT2D eigenvalue weighted by molar-refractivity contribution is 5.81. The topological polar surface area (TPSA) is 41.6 Å². The third-order valence-electron chi connectivity index (χ3n) is 4.35. The third kappa shape index (κ3) is 3.31. The van der Waals surface area contributed by atoms with E-state index in [0.29, 0.717) is 0 Å². The van der Waals surface area contributed by atoms with E-state index in [2.05, 4.69) is 11.4 Å². The molecule has 0 radical (unpaired) electrons. The van der Waals surface area contributed by atoms with Crippen molar-refractivity contribution in [3.63, 3.8) is 0 Å². The number of likely N-dealkylation sites (tertiary alicyclic amines) is 1. The summed E-state index contributed by atoms with van der Waals surface area (Å²) >= 11 is 0. The molecule has 1 amide bonds. The molecule has 1 saturated heterocycles. The number of carbonyl (C=O) groups is 1. The summed E-state index contributed by atoms with van der Waals surface area (Å²) in [4.78, 5) is 14.3. The summed E-state index contributed by atoms with van der Waals surface area (Å²) in [5, 5.41) is 3.39. The molecule has 1 atom stereocenters. The first-order valence-electron chi connectivity index (χ1n) is 8.06. The van der Waals surface area contributed by atoms with Crippen LogP contribution in [0.25, 0.3) is 0 Å². The predicted octanol–water partition coefficient (Wildman–Crippen LogP) is 2.82. The number of anilines is 1. The monoisotopic (exact) mass is 288 g/mol. The van der Waals surface area contributed by atoms with Crippen LogP contribution in [0.3, 0.4) is 0 Å². The lowest BCUT2D eigenvalue weighted by Gasteiger charge is -2.29. The van der Waals surface area contributed by atoms with E-state index in [0.717, 1.165) is 50.3 Å². The van der Waals surface area contributed by atoms with Crippen LogP contribution < -0.4 is 10.1 Å². The molecule has 0 aromatic heterocycles. The smallest absolute Gasteiger partial charge is 0.263 e. The maximum absolute atomic E-state index is 12.4. The Morgan fingerprint density at radius 1 is 1.24 bits per heavy atom. The van der Waals surface area contributed by atoms with E-state index in [1.807, 2.05) is 24.0 Å². The molecule has 3 rings (SSSR count). The molecule has 0 bridgehead atoms. The molecule has 1 unspecified atom stereocenters. The van der Waals surface area contributed by atoms with Crippen molar-refractivity contribution in [1.29, 1.82) is 0 Å². The van der Waals surface area contributed by atoms with Crippen LogP contribution in [0.2, 0.25) is 0 Å². The number of hydrogen-bond donors (Lipinski definition) is 1. The highest BCUT2D eigenvalue weighted by atomic mass is 16.5. The lowest BCUT2D eigenvalue weighted by Crippen LogP contribution is -2.43. The molecule has 2 heterocycles. The highest BCUT2D eigenvalue weighted by Gasteiger charge is 2.23. The van der Waals surface area contributed by atoms with Crippen molar-refractivity contribution in [1.82, 2.24) is 4.90 Å². The van der Waals surface area contributed by atoms with E-state index >= 15 is 0 Å². The van der Waals surface area contributed by atoms with E-state index in [-0.39, 0.29) is 5.91 Å². The molecule has 4 heteroatoms. The van der Waals surface area contributed by atoms with E-state index in [9.17, 15) is 4.79 Å². The van der Waals surface area contributed by atoms with Crippen LogP contribution in [-0.4, -0.2) is 36.5 Å².